The second kappa shape index (κ2) is 14.7. The maximum atomic E-state index is 13.9. The van der Waals surface area contributed by atoms with Crippen LogP contribution in [0.1, 0.15) is 50.3 Å². The number of rotatable bonds is 14. The minimum absolute atomic E-state index is 0.0536. The van der Waals surface area contributed by atoms with Crippen molar-refractivity contribution in [3.63, 3.8) is 0 Å². The molecule has 0 spiro atoms. The Morgan fingerprint density at radius 1 is 0.902 bits per heavy atom. The first-order chi connectivity index (χ1) is 19.5. The molecule has 3 aromatic rings. The molecular weight excluding hydrogens is 538 g/mol. The molecule has 2 atom stereocenters. The maximum absolute atomic E-state index is 13.9. The van der Waals surface area contributed by atoms with Gasteiger partial charge in [0.15, 0.2) is 0 Å². The summed E-state index contributed by atoms with van der Waals surface area (Å²) in [5, 5.41) is 2.98. The van der Waals surface area contributed by atoms with Crippen LogP contribution in [0.4, 0.5) is 5.69 Å². The zero-order valence-electron chi connectivity index (χ0n) is 24.5. The number of hydrogen-bond acceptors (Lipinski definition) is 5. The molecule has 0 aromatic heterocycles. The number of aryl methyl sites for hydroxylation is 1. The van der Waals surface area contributed by atoms with Gasteiger partial charge in [-0.25, -0.2) is 8.42 Å². The molecule has 0 fully saturated rings. The summed E-state index contributed by atoms with van der Waals surface area (Å²) in [6.45, 7) is 7.80. The Bertz CT molecular complexity index is 1390. The number of ether oxygens (including phenoxy) is 1. The quantitative estimate of drug-likeness (QED) is 0.288. The van der Waals surface area contributed by atoms with Gasteiger partial charge in [0.1, 0.15) is 24.9 Å². The van der Waals surface area contributed by atoms with Crippen molar-refractivity contribution < 1.29 is 22.7 Å². The summed E-state index contributed by atoms with van der Waals surface area (Å²) < 4.78 is 32.7. The summed E-state index contributed by atoms with van der Waals surface area (Å²) in [5.74, 6) is -0.143. The van der Waals surface area contributed by atoms with Gasteiger partial charge in [-0.15, -0.1) is 0 Å². The molecule has 0 heterocycles. The van der Waals surface area contributed by atoms with Crippen LogP contribution in [0.15, 0.2) is 78.9 Å². The lowest BCUT2D eigenvalue weighted by molar-refractivity contribution is -0.140. The average Bonchev–Trinajstić information content (AvgIpc) is 2.95. The second-order valence-corrected chi connectivity index (χ2v) is 12.1. The van der Waals surface area contributed by atoms with E-state index in [-0.39, 0.29) is 18.5 Å². The number of amides is 2. The van der Waals surface area contributed by atoms with Crippen LogP contribution in [-0.2, 0) is 32.8 Å². The molecule has 1 N–H and O–H groups in total. The predicted molar refractivity (Wildman–Crippen MR) is 163 cm³/mol. The van der Waals surface area contributed by atoms with Crippen LogP contribution in [0.3, 0.4) is 0 Å². The lowest BCUT2D eigenvalue weighted by Crippen LogP contribution is -2.53. The Hall–Kier alpha value is -3.85. The predicted octanol–water partition coefficient (Wildman–Crippen LogP) is 5.06. The van der Waals surface area contributed by atoms with E-state index in [1.54, 1.807) is 24.3 Å². The molecule has 2 amide bonds. The molecule has 220 valence electrons. The van der Waals surface area contributed by atoms with Crippen molar-refractivity contribution in [1.82, 2.24) is 10.2 Å². The summed E-state index contributed by atoms with van der Waals surface area (Å²) in [7, 11) is -3.83. The summed E-state index contributed by atoms with van der Waals surface area (Å²) in [6, 6.07) is 23.2. The van der Waals surface area contributed by atoms with E-state index in [1.807, 2.05) is 82.3 Å². The van der Waals surface area contributed by atoms with Crippen LogP contribution in [0.2, 0.25) is 0 Å². The van der Waals surface area contributed by atoms with E-state index in [0.717, 1.165) is 33.7 Å². The highest BCUT2D eigenvalue weighted by molar-refractivity contribution is 7.92. The Kier molecular flexibility index (Phi) is 11.3. The Morgan fingerprint density at radius 3 is 2.12 bits per heavy atom. The number of nitrogens with one attached hydrogen (secondary N) is 1. The van der Waals surface area contributed by atoms with Gasteiger partial charge in [0.05, 0.1) is 11.9 Å². The van der Waals surface area contributed by atoms with Crippen molar-refractivity contribution in [2.45, 2.75) is 65.8 Å². The molecule has 41 heavy (non-hydrogen) atoms. The van der Waals surface area contributed by atoms with Crippen molar-refractivity contribution in [2.24, 2.45) is 0 Å². The van der Waals surface area contributed by atoms with Gasteiger partial charge in [-0.05, 0) is 67.6 Å². The molecule has 0 saturated heterocycles. The van der Waals surface area contributed by atoms with E-state index >= 15 is 0 Å². The first kappa shape index (κ1) is 31.7. The fourth-order valence-electron chi connectivity index (χ4n) is 4.39. The van der Waals surface area contributed by atoms with Gasteiger partial charge in [-0.1, -0.05) is 68.4 Å². The fraction of sp³-hybridized carbons (Fsp3) is 0.375. The summed E-state index contributed by atoms with van der Waals surface area (Å²) >= 11 is 0. The van der Waals surface area contributed by atoms with Crippen molar-refractivity contribution in [3.8, 4) is 5.75 Å². The molecule has 0 aliphatic rings. The van der Waals surface area contributed by atoms with Crippen molar-refractivity contribution >= 4 is 27.5 Å². The van der Waals surface area contributed by atoms with Gasteiger partial charge in [-0.3, -0.25) is 13.9 Å². The van der Waals surface area contributed by atoms with Crippen LogP contribution in [0.25, 0.3) is 0 Å². The normalized spacial score (nSPS) is 12.7. The standard InChI is InChI=1S/C32H41N3O5S/c1-6-25(4)33-32(37)30(7-2)34(21-27-16-12-11-13-24(27)3)31(36)22-35(41(5,38)39)28-17-19-29(20-18-28)40-23-26-14-9-8-10-15-26/h8-20,25,30H,6-7,21-23H2,1-5H3,(H,33,37)/t25-,30+/m1/s1. The highest BCUT2D eigenvalue weighted by Gasteiger charge is 2.32. The summed E-state index contributed by atoms with van der Waals surface area (Å²) in [6.07, 6.45) is 2.20. The van der Waals surface area contributed by atoms with Crippen LogP contribution >= 0.6 is 0 Å². The minimum atomic E-state index is -3.83. The first-order valence-corrected chi connectivity index (χ1v) is 15.8. The first-order valence-electron chi connectivity index (χ1n) is 13.9. The Morgan fingerprint density at radius 2 is 1.54 bits per heavy atom. The van der Waals surface area contributed by atoms with Gasteiger partial charge in [0.2, 0.25) is 21.8 Å². The SMILES string of the molecule is CC[C@@H](C)NC(=O)[C@H](CC)N(Cc1ccccc1C)C(=O)CN(c1ccc(OCc2ccccc2)cc1)S(C)(=O)=O. The number of hydrogen-bond donors (Lipinski definition) is 1. The zero-order chi connectivity index (χ0) is 30.0. The van der Waals surface area contributed by atoms with Gasteiger partial charge in [0.25, 0.3) is 0 Å². The van der Waals surface area contributed by atoms with Crippen LogP contribution in [0.5, 0.6) is 5.75 Å². The number of carbonyl (C=O) groups is 2. The highest BCUT2D eigenvalue weighted by Crippen LogP contribution is 2.24. The van der Waals surface area contributed by atoms with E-state index in [4.69, 9.17) is 4.74 Å². The smallest absolute Gasteiger partial charge is 0.244 e. The fourth-order valence-corrected chi connectivity index (χ4v) is 5.24. The zero-order valence-corrected chi connectivity index (χ0v) is 25.4. The molecule has 0 unspecified atom stereocenters. The molecule has 9 heteroatoms. The lowest BCUT2D eigenvalue weighted by Gasteiger charge is -2.33. The molecule has 0 aliphatic heterocycles. The van der Waals surface area contributed by atoms with Gasteiger partial charge in [-0.2, -0.15) is 0 Å². The maximum Gasteiger partial charge on any atom is 0.244 e. The summed E-state index contributed by atoms with van der Waals surface area (Å²) in [4.78, 5) is 28.7. The van der Waals surface area contributed by atoms with E-state index in [9.17, 15) is 18.0 Å². The third-order valence-corrected chi connectivity index (χ3v) is 8.18. The van der Waals surface area contributed by atoms with Crippen LogP contribution in [-0.4, -0.2) is 50.0 Å². The molecule has 0 bridgehead atoms. The van der Waals surface area contributed by atoms with Gasteiger partial charge < -0.3 is 15.0 Å². The van der Waals surface area contributed by atoms with E-state index in [2.05, 4.69) is 5.32 Å². The Labute approximate surface area is 244 Å². The molecule has 0 saturated carbocycles. The van der Waals surface area contributed by atoms with Crippen LogP contribution < -0.4 is 14.4 Å². The molecule has 3 rings (SSSR count). The molecule has 8 nitrogen and oxygen atoms in total. The van der Waals surface area contributed by atoms with Crippen molar-refractivity contribution in [2.75, 3.05) is 17.1 Å². The minimum Gasteiger partial charge on any atom is -0.489 e. The van der Waals surface area contributed by atoms with Gasteiger partial charge >= 0.3 is 0 Å². The van der Waals surface area contributed by atoms with Crippen molar-refractivity contribution in [1.29, 1.82) is 0 Å². The number of nitrogens with zero attached hydrogens (tertiary/aromatic N) is 2. The highest BCUT2D eigenvalue weighted by atomic mass is 32.2. The third-order valence-electron chi connectivity index (χ3n) is 7.04. The van der Waals surface area contributed by atoms with E-state index in [1.165, 1.54) is 4.90 Å². The monoisotopic (exact) mass is 579 g/mol. The lowest BCUT2D eigenvalue weighted by atomic mass is 10.1. The van der Waals surface area contributed by atoms with Crippen molar-refractivity contribution in [3.05, 3.63) is 95.6 Å². The average molecular weight is 580 g/mol. The molecule has 0 radical (unpaired) electrons. The molecule has 3 aromatic carbocycles. The number of carbonyl (C=O) groups excluding carboxylic acids is 2. The van der Waals surface area contributed by atoms with E-state index < -0.39 is 28.5 Å². The second-order valence-electron chi connectivity index (χ2n) is 10.2. The number of sulfonamides is 1. The largest absolute Gasteiger partial charge is 0.489 e. The molecule has 0 aliphatic carbocycles. The molecular formula is C32H41N3O5S. The van der Waals surface area contributed by atoms with Crippen LogP contribution in [0, 0.1) is 6.92 Å². The summed E-state index contributed by atoms with van der Waals surface area (Å²) in [5.41, 5.74) is 3.22. The number of anilines is 1. The van der Waals surface area contributed by atoms with E-state index in [0.29, 0.717) is 24.5 Å². The number of benzene rings is 3. The van der Waals surface area contributed by atoms with Gasteiger partial charge in [0, 0.05) is 12.6 Å². The third kappa shape index (κ3) is 9.08. The topological polar surface area (TPSA) is 96.0 Å². The Balaban J connectivity index is 1.86.